The number of carbonyl (C=O) groups is 12. The number of benzene rings is 2. The van der Waals surface area contributed by atoms with Crippen molar-refractivity contribution in [1.82, 2.24) is 51.9 Å². The molecular formula is C64H97N17O15S. The van der Waals surface area contributed by atoms with Crippen LogP contribution in [0.5, 0.6) is 0 Å². The number of nitrogens with two attached hydrogens (primary N) is 5. The zero-order valence-corrected chi connectivity index (χ0v) is 56.1. The second-order valence-corrected chi connectivity index (χ2v) is 26.0. The van der Waals surface area contributed by atoms with Crippen molar-refractivity contribution in [3.8, 4) is 0 Å². The Kier molecular flexibility index (Phi) is 32.4. The molecule has 2 aromatic carbocycles. The van der Waals surface area contributed by atoms with E-state index in [1.807, 2.05) is 6.92 Å². The third kappa shape index (κ3) is 25.5. The van der Waals surface area contributed by atoms with Crippen molar-refractivity contribution in [2.75, 3.05) is 51.6 Å². The first-order valence-electron chi connectivity index (χ1n) is 32.8. The Morgan fingerprint density at radius 1 is 0.660 bits per heavy atom. The van der Waals surface area contributed by atoms with Crippen LogP contribution in [-0.2, 0) is 70.4 Å². The Labute approximate surface area is 568 Å². The molecule has 534 valence electrons. The second kappa shape index (κ2) is 39.9. The van der Waals surface area contributed by atoms with Gasteiger partial charge in [0.05, 0.1) is 30.5 Å². The van der Waals surface area contributed by atoms with Crippen molar-refractivity contribution in [2.24, 2.45) is 44.6 Å². The number of thioether (sulfide) groups is 1. The van der Waals surface area contributed by atoms with Gasteiger partial charge in [0.2, 0.25) is 65.0 Å². The van der Waals surface area contributed by atoms with E-state index >= 15 is 0 Å². The van der Waals surface area contributed by atoms with Gasteiger partial charge in [-0.05, 0) is 68.4 Å². The molecule has 0 aliphatic carbocycles. The van der Waals surface area contributed by atoms with Crippen LogP contribution in [0.25, 0.3) is 0 Å². The number of β-amino-alcohol motifs (C(OH)–C–C–N with tert-alkyl or cyclic N) is 1. The summed E-state index contributed by atoms with van der Waals surface area (Å²) >= 11 is 0.931. The SMILES string of the molecule is CCCCCCN1C(=O)CC(SC[C@H](NC(=O)[C@H](CC(C)C)NC(=O)[C@@H](Cc2ccccc2)NC(=O)[C@H](CO)NC(=O)[C@H](Cc2ccccc2)NC(=O)CNC(=O)[C@@H]2C[C@@H](O)CN2C(=O)[C@@H]2CCCN2C(=O)[C@H](CCCN=C(N)N)NC(=O)[C@H](N)CCCN=C(N)N)C(=O)O)C1=O. The van der Waals surface area contributed by atoms with Crippen LogP contribution >= 0.6 is 11.8 Å². The third-order valence-corrected chi connectivity index (χ3v) is 17.8. The van der Waals surface area contributed by atoms with E-state index in [1.165, 1.54) is 9.80 Å². The average molecular weight is 1380 g/mol. The van der Waals surface area contributed by atoms with Gasteiger partial charge in [-0.1, -0.05) is 101 Å². The first kappa shape index (κ1) is 78.7. The topological polar surface area (TPSA) is 514 Å². The number of carboxylic acid groups (broad SMARTS) is 1. The molecule has 3 saturated heterocycles. The summed E-state index contributed by atoms with van der Waals surface area (Å²) < 4.78 is 0. The average Bonchev–Trinajstić information content (AvgIpc) is 1.68. The minimum Gasteiger partial charge on any atom is -0.480 e. The number of amides is 11. The Balaban J connectivity index is 1.25. The number of hydrogen-bond donors (Lipinski definition) is 15. The molecular weight excluding hydrogens is 1280 g/mol. The molecule has 3 fully saturated rings. The van der Waals surface area contributed by atoms with Gasteiger partial charge in [0.1, 0.15) is 48.3 Å². The molecule has 0 radical (unpaired) electrons. The quantitative estimate of drug-likeness (QED) is 0.0133. The first-order valence-corrected chi connectivity index (χ1v) is 33.9. The van der Waals surface area contributed by atoms with Crippen LogP contribution in [0.2, 0.25) is 0 Å². The van der Waals surface area contributed by atoms with Crippen LogP contribution < -0.4 is 65.9 Å². The van der Waals surface area contributed by atoms with Crippen LogP contribution in [0.15, 0.2) is 70.6 Å². The van der Waals surface area contributed by atoms with Gasteiger partial charge in [0.15, 0.2) is 11.9 Å². The van der Waals surface area contributed by atoms with E-state index in [-0.39, 0.29) is 120 Å². The minimum atomic E-state index is -1.76. The highest BCUT2D eigenvalue weighted by atomic mass is 32.2. The number of carboxylic acids is 1. The van der Waals surface area contributed by atoms with E-state index in [4.69, 9.17) is 28.7 Å². The summed E-state index contributed by atoms with van der Waals surface area (Å²) in [5.41, 5.74) is 29.0. The van der Waals surface area contributed by atoms with Gasteiger partial charge in [0.25, 0.3) is 0 Å². The Morgan fingerprint density at radius 2 is 1.21 bits per heavy atom. The molecule has 3 aliphatic heterocycles. The molecule has 0 spiro atoms. The van der Waals surface area contributed by atoms with E-state index in [2.05, 4.69) is 47.2 Å². The van der Waals surface area contributed by atoms with Crippen molar-refractivity contribution >= 4 is 94.6 Å². The summed E-state index contributed by atoms with van der Waals surface area (Å²) in [6, 6.07) is 4.57. The number of nitrogens with zero attached hydrogens (tertiary/aromatic N) is 5. The highest BCUT2D eigenvalue weighted by molar-refractivity contribution is 8.00. The van der Waals surface area contributed by atoms with Gasteiger partial charge in [-0.25, -0.2) is 4.79 Å². The zero-order chi connectivity index (χ0) is 71.3. The number of aliphatic hydroxyl groups excluding tert-OH is 2. The third-order valence-electron chi connectivity index (χ3n) is 16.5. The van der Waals surface area contributed by atoms with Gasteiger partial charge < -0.3 is 91.0 Å². The van der Waals surface area contributed by atoms with E-state index < -0.39 is 144 Å². The minimum absolute atomic E-state index is 0.00327. The molecule has 11 amide bonds. The van der Waals surface area contributed by atoms with Gasteiger partial charge in [-0.15, -0.1) is 11.8 Å². The van der Waals surface area contributed by atoms with Gasteiger partial charge in [-0.3, -0.25) is 67.6 Å². The Morgan fingerprint density at radius 3 is 1.78 bits per heavy atom. The number of rotatable bonds is 40. The van der Waals surface area contributed by atoms with Crippen molar-refractivity contribution in [2.45, 2.75) is 183 Å². The van der Waals surface area contributed by atoms with E-state index in [1.54, 1.807) is 74.5 Å². The number of hydrogen-bond acceptors (Lipinski definition) is 18. The number of guanidine groups is 2. The smallest absolute Gasteiger partial charge is 0.327 e. The Hall–Kier alpha value is -8.95. The predicted octanol–water partition coefficient (Wildman–Crippen LogP) is -3.55. The number of carbonyl (C=O) groups excluding carboxylic acids is 11. The molecule has 32 nitrogen and oxygen atoms in total. The highest BCUT2D eigenvalue weighted by Gasteiger charge is 2.46. The lowest BCUT2D eigenvalue weighted by Crippen LogP contribution is -2.60. The molecule has 11 atom stereocenters. The standard InChI is InChI=1S/C64H97N17O15S/c1-4-5-6-13-26-80-52(85)32-50(61(80)94)97-36-47(62(95)96)78-54(87)43(28-37(2)3)75-56(89)45(30-39-19-11-8-12-20-39)76-57(90)46(35-82)77-55(88)44(29-38-17-9-7-10-18-38)73-51(84)33-72-58(91)49-31-40(83)34-81(49)60(93)48-23-16-27-79(48)59(92)42(22-15-25-71-64(68)69)74-53(86)41(65)21-14-24-70-63(66)67/h7-12,17-20,37,40-50,82-83H,4-6,13-16,21-36,65H2,1-3H3,(H,72,91)(H,73,84)(H,74,86)(H,75,89)(H,76,90)(H,77,88)(H,78,87)(H,95,96)(H4,66,67,70)(H4,68,69,71)/t40-,41-,42+,43+,44+,45-,46+,47+,48+,49+,50?/m1/s1. The fraction of sp³-hybridized carbons (Fsp3) is 0.594. The number of aliphatic imine (C=N–C) groups is 2. The van der Waals surface area contributed by atoms with Crippen molar-refractivity contribution in [3.63, 3.8) is 0 Å². The molecule has 0 bridgehead atoms. The molecule has 1 unspecified atom stereocenters. The van der Waals surface area contributed by atoms with Crippen molar-refractivity contribution < 1.29 is 72.9 Å². The molecule has 33 heteroatoms. The Bertz CT molecular complexity index is 3090. The maximum absolute atomic E-state index is 14.4. The van der Waals surface area contributed by atoms with Gasteiger partial charge in [0, 0.05) is 64.2 Å². The summed E-state index contributed by atoms with van der Waals surface area (Å²) in [4.78, 5) is 177. The molecule has 5 rings (SSSR count). The first-order chi connectivity index (χ1) is 46.2. The summed E-state index contributed by atoms with van der Waals surface area (Å²) in [7, 11) is 0. The van der Waals surface area contributed by atoms with E-state index in [9.17, 15) is 72.9 Å². The lowest BCUT2D eigenvalue weighted by molar-refractivity contribution is -0.148. The molecule has 0 aromatic heterocycles. The number of imide groups is 1. The maximum atomic E-state index is 14.4. The summed E-state index contributed by atoms with van der Waals surface area (Å²) in [6.07, 6.45) is 2.90. The molecule has 20 N–H and O–H groups in total. The van der Waals surface area contributed by atoms with Crippen molar-refractivity contribution in [1.29, 1.82) is 0 Å². The van der Waals surface area contributed by atoms with Gasteiger partial charge in [-0.2, -0.15) is 0 Å². The fourth-order valence-electron chi connectivity index (χ4n) is 11.4. The number of aliphatic hydroxyl groups is 2. The fourth-order valence-corrected chi connectivity index (χ4v) is 12.6. The summed E-state index contributed by atoms with van der Waals surface area (Å²) in [5, 5.41) is 48.7. The summed E-state index contributed by atoms with van der Waals surface area (Å²) in [6.45, 7) is 4.19. The van der Waals surface area contributed by atoms with Crippen LogP contribution in [0.4, 0.5) is 0 Å². The van der Waals surface area contributed by atoms with Crippen LogP contribution in [0.3, 0.4) is 0 Å². The predicted molar refractivity (Wildman–Crippen MR) is 359 cm³/mol. The monoisotopic (exact) mass is 1380 g/mol. The van der Waals surface area contributed by atoms with Crippen molar-refractivity contribution in [3.05, 3.63) is 71.8 Å². The van der Waals surface area contributed by atoms with Gasteiger partial charge >= 0.3 is 5.97 Å². The zero-order valence-electron chi connectivity index (χ0n) is 55.2. The summed E-state index contributed by atoms with van der Waals surface area (Å²) in [5.74, 6) is -10.5. The lowest BCUT2D eigenvalue weighted by Gasteiger charge is -2.33. The van der Waals surface area contributed by atoms with Crippen LogP contribution in [0, 0.1) is 5.92 Å². The maximum Gasteiger partial charge on any atom is 0.327 e. The molecule has 0 saturated carbocycles. The number of nitrogens with one attached hydrogen (secondary N) is 7. The molecule has 3 aliphatic rings. The molecule has 2 aromatic rings. The van der Waals surface area contributed by atoms with E-state index in [0.29, 0.717) is 30.4 Å². The molecule has 3 heterocycles. The molecule has 97 heavy (non-hydrogen) atoms. The van der Waals surface area contributed by atoms with E-state index in [0.717, 1.165) is 35.9 Å². The van der Waals surface area contributed by atoms with Crippen LogP contribution in [-0.4, -0.2) is 230 Å². The largest absolute Gasteiger partial charge is 0.480 e. The highest BCUT2D eigenvalue weighted by Crippen LogP contribution is 2.28. The second-order valence-electron chi connectivity index (χ2n) is 24.7. The van der Waals surface area contributed by atoms with Crippen LogP contribution in [0.1, 0.15) is 115 Å². The number of likely N-dealkylation sites (tertiary alicyclic amines) is 3. The number of aliphatic carboxylic acids is 1. The normalized spacial score (nSPS) is 18.9. The number of unbranched alkanes of at least 4 members (excludes halogenated alkanes) is 3. The lowest BCUT2D eigenvalue weighted by atomic mass is 10.0.